The standard InChI is InChI=1S/2C24H27P.C6H18NSi2.C2F6NO4S2.2Au/c2*1-16-10-7-11-17(2)22(16)20-14-9-15-21(24(20)25(5)6)23-18(3)12-8-13-19(23)4;1-8(2,3)7-9(4,5)6;3-1(4,5)14(10,11)9-15(12,13)2(6,7)8;;/h2*7-15H,1-6H3;1-6H3;;;/q;;2*-1;2*+1/p+2. The Bertz CT molecular complexity index is 2730. The second kappa shape index (κ2) is 28.8. The summed E-state index contributed by atoms with van der Waals surface area (Å²) in [6.45, 7) is 41.3. The second-order valence-corrected chi connectivity index (χ2v) is 38.9. The van der Waals surface area contributed by atoms with Crippen LogP contribution in [0.1, 0.15) is 44.5 Å². The summed E-state index contributed by atoms with van der Waals surface area (Å²) < 4.78 is 114. The van der Waals surface area contributed by atoms with Gasteiger partial charge < -0.3 is 8.78 Å². The van der Waals surface area contributed by atoms with Gasteiger partial charge in [-0.3, -0.25) is 0 Å². The van der Waals surface area contributed by atoms with Gasteiger partial charge in [0.25, 0.3) is 0 Å². The molecule has 0 atom stereocenters. The van der Waals surface area contributed by atoms with Crippen LogP contribution in [-0.2, 0) is 64.8 Å². The van der Waals surface area contributed by atoms with E-state index in [1.54, 1.807) is 10.6 Å². The molecule has 0 aliphatic heterocycles. The molecule has 0 aliphatic rings. The van der Waals surface area contributed by atoms with E-state index in [0.717, 1.165) is 4.13 Å². The van der Waals surface area contributed by atoms with Crippen LogP contribution in [0.5, 0.6) is 0 Å². The molecule has 424 valence electrons. The Kier molecular flexibility index (Phi) is 27.1. The largest absolute Gasteiger partial charge is 1.00 e. The van der Waals surface area contributed by atoms with E-state index in [-0.39, 0.29) is 44.8 Å². The number of alkyl halides is 6. The Morgan fingerprint density at radius 3 is 0.671 bits per heavy atom. The van der Waals surface area contributed by atoms with E-state index in [2.05, 4.69) is 231 Å². The molecule has 0 amide bonds. The molecule has 6 aromatic rings. The molecule has 20 heteroatoms. The first-order chi connectivity index (χ1) is 33.7. The molecule has 0 aromatic heterocycles. The Morgan fingerprint density at radius 1 is 0.368 bits per heavy atom. The van der Waals surface area contributed by atoms with E-state index in [1.165, 1.54) is 89.0 Å². The number of sulfonamides is 2. The number of aryl methyl sites for hydroxylation is 8. The van der Waals surface area contributed by atoms with Gasteiger partial charge in [-0.15, -0.1) is 0 Å². The molecular formula is C56H74Au2F6N2O4P2S2Si2+2. The Morgan fingerprint density at radius 2 is 0.539 bits per heavy atom. The summed E-state index contributed by atoms with van der Waals surface area (Å²) in [6.07, 6.45) is 0. The second-order valence-electron chi connectivity index (χ2n) is 20.9. The zero-order valence-electron chi connectivity index (χ0n) is 46.6. The van der Waals surface area contributed by atoms with Crippen LogP contribution in [0, 0.1) is 55.4 Å². The van der Waals surface area contributed by atoms with Gasteiger partial charge in [-0.1, -0.05) is 165 Å². The van der Waals surface area contributed by atoms with Crippen LogP contribution >= 0.6 is 15.8 Å². The van der Waals surface area contributed by atoms with Crippen LogP contribution in [0.15, 0.2) is 109 Å². The minimum Gasteiger partial charge on any atom is -0.668 e. The molecule has 0 heterocycles. The van der Waals surface area contributed by atoms with Crippen molar-refractivity contribution in [2.75, 3.05) is 26.7 Å². The predicted octanol–water partition coefficient (Wildman–Crippen LogP) is 16.8. The third-order valence-corrected chi connectivity index (χ3v) is 22.8. The molecule has 76 heavy (non-hydrogen) atoms. The average Bonchev–Trinajstić information content (AvgIpc) is 3.22. The minimum atomic E-state index is -6.72. The van der Waals surface area contributed by atoms with Gasteiger partial charge in [0.15, 0.2) is 20.0 Å². The molecule has 0 unspecified atom stereocenters. The van der Waals surface area contributed by atoms with E-state index in [9.17, 15) is 43.2 Å². The smallest absolute Gasteiger partial charge is 0.668 e. The molecule has 0 fully saturated rings. The fourth-order valence-corrected chi connectivity index (χ4v) is 21.9. The summed E-state index contributed by atoms with van der Waals surface area (Å²) in [6, 6.07) is 40.2. The quantitative estimate of drug-likeness (QED) is 0.0775. The summed E-state index contributed by atoms with van der Waals surface area (Å²) in [5.74, 6) is 0. The number of benzene rings is 6. The summed E-state index contributed by atoms with van der Waals surface area (Å²) >= 11 is 0. The SMILES string of the molecule is C[Si](C)(C)[N-][Si](C)(C)C.Cc1cccc(C)c1-c1cccc(-c2c(C)cccc2C)c1[PH+](C)C.Cc1cccc(C)c1-c1cccc(-c2c(C)cccc2C)c1[PH+](C)C.O=S(=O)([N-]S(=O)(=O)C(F)(F)F)C(F)(F)F.[Au+].[Au+]. The third-order valence-electron chi connectivity index (χ3n) is 11.6. The Labute approximate surface area is 486 Å². The molecule has 0 saturated carbocycles. The van der Waals surface area contributed by atoms with Crippen molar-refractivity contribution in [2.45, 2.75) is 106 Å². The van der Waals surface area contributed by atoms with Crippen molar-refractivity contribution >= 4 is 63.0 Å². The fourth-order valence-electron chi connectivity index (χ4n) is 9.19. The van der Waals surface area contributed by atoms with Gasteiger partial charge in [-0.25, -0.2) is 16.8 Å². The van der Waals surface area contributed by atoms with E-state index in [0.29, 0.717) is 0 Å². The monoisotopic (exact) mass is 1530 g/mol. The maximum Gasteiger partial charge on any atom is 1.00 e. The van der Waals surface area contributed by atoms with E-state index in [1.807, 2.05) is 0 Å². The molecular weight excluding hydrogens is 1450 g/mol. The van der Waals surface area contributed by atoms with Crippen molar-refractivity contribution in [3.05, 3.63) is 162 Å². The predicted molar refractivity (Wildman–Crippen MR) is 315 cm³/mol. The van der Waals surface area contributed by atoms with Gasteiger partial charge in [0.2, 0.25) is 0 Å². The normalized spacial score (nSPS) is 12.0. The average molecular weight is 1530 g/mol. The Hall–Kier alpha value is -2.51. The number of hydrogen-bond acceptors (Lipinski definition) is 4. The molecule has 6 aromatic carbocycles. The molecule has 0 radical (unpaired) electrons. The van der Waals surface area contributed by atoms with E-state index < -0.39 is 63.4 Å². The molecule has 0 aliphatic carbocycles. The number of nitrogens with zero attached hydrogens (tertiary/aromatic N) is 2. The van der Waals surface area contributed by atoms with Crippen LogP contribution < -0.4 is 10.6 Å². The van der Waals surface area contributed by atoms with Gasteiger partial charge >= 0.3 is 55.8 Å². The van der Waals surface area contributed by atoms with Gasteiger partial charge in [0.05, 0.1) is 26.7 Å². The first-order valence-corrected chi connectivity index (χ1v) is 38.8. The minimum absolute atomic E-state index is 0. The molecule has 6 nitrogen and oxygen atoms in total. The van der Waals surface area contributed by atoms with Gasteiger partial charge in [-0.2, -0.15) is 26.3 Å². The van der Waals surface area contributed by atoms with Gasteiger partial charge in [-0.05, 0) is 122 Å². The third kappa shape index (κ3) is 19.4. The number of hydrogen-bond donors (Lipinski definition) is 0. The van der Waals surface area contributed by atoms with Crippen molar-refractivity contribution < 1.29 is 87.9 Å². The first-order valence-electron chi connectivity index (χ1n) is 24.0. The molecule has 0 spiro atoms. The van der Waals surface area contributed by atoms with Crippen molar-refractivity contribution in [2.24, 2.45) is 0 Å². The van der Waals surface area contributed by atoms with E-state index in [4.69, 9.17) is 4.65 Å². The first kappa shape index (κ1) is 71.5. The summed E-state index contributed by atoms with van der Waals surface area (Å²) in [4.78, 5) is 0. The number of halogens is 6. The van der Waals surface area contributed by atoms with Crippen LogP contribution in [0.4, 0.5) is 26.3 Å². The van der Waals surface area contributed by atoms with E-state index >= 15 is 0 Å². The summed E-state index contributed by atoms with van der Waals surface area (Å²) in [5, 5.41) is 3.12. The van der Waals surface area contributed by atoms with Gasteiger partial charge in [0.1, 0.15) is 10.6 Å². The summed E-state index contributed by atoms with van der Waals surface area (Å²) in [7, 11) is -16.9. The molecule has 0 N–H and O–H groups in total. The number of rotatable bonds is 10. The summed E-state index contributed by atoms with van der Waals surface area (Å²) in [5.41, 5.74) is 9.86. The molecule has 6 rings (SSSR count). The topological polar surface area (TPSA) is 96.5 Å². The van der Waals surface area contributed by atoms with Crippen molar-refractivity contribution in [3.8, 4) is 44.5 Å². The van der Waals surface area contributed by atoms with Gasteiger partial charge in [0, 0.05) is 38.1 Å². The maximum atomic E-state index is 11.4. The van der Waals surface area contributed by atoms with Crippen molar-refractivity contribution in [3.63, 3.8) is 0 Å². The molecule has 0 saturated heterocycles. The zero-order valence-corrected chi connectivity index (χ0v) is 56.6. The Balaban J connectivity index is 0.000000535. The maximum absolute atomic E-state index is 11.4. The van der Waals surface area contributed by atoms with Crippen LogP contribution in [0.3, 0.4) is 0 Å². The van der Waals surface area contributed by atoms with Crippen LogP contribution in [0.25, 0.3) is 53.3 Å². The molecule has 0 bridgehead atoms. The van der Waals surface area contributed by atoms with Crippen LogP contribution in [0.2, 0.25) is 39.3 Å². The van der Waals surface area contributed by atoms with Crippen molar-refractivity contribution in [1.82, 2.24) is 0 Å². The zero-order chi connectivity index (χ0) is 56.7. The van der Waals surface area contributed by atoms with Crippen LogP contribution in [-0.4, -0.2) is 71.0 Å². The fraction of sp³-hybridized carbons (Fsp3) is 0.357. The van der Waals surface area contributed by atoms with Crippen molar-refractivity contribution in [1.29, 1.82) is 0 Å².